The Labute approximate surface area is 105 Å². The van der Waals surface area contributed by atoms with Gasteiger partial charge in [-0.25, -0.2) is 0 Å². The van der Waals surface area contributed by atoms with Gasteiger partial charge in [0.1, 0.15) is 0 Å². The highest BCUT2D eigenvalue weighted by molar-refractivity contribution is 5.53. The summed E-state index contributed by atoms with van der Waals surface area (Å²) in [6.45, 7) is 4.56. The zero-order valence-corrected chi connectivity index (χ0v) is 10.9. The van der Waals surface area contributed by atoms with Crippen LogP contribution in [-0.2, 0) is 0 Å². The fraction of sp³-hybridized carbons (Fsp3) is 0.625. The Kier molecular flexibility index (Phi) is 2.85. The third kappa shape index (κ3) is 2.48. The summed E-state index contributed by atoms with van der Waals surface area (Å²) in [5, 5.41) is 3.85. The van der Waals surface area contributed by atoms with Gasteiger partial charge in [-0.2, -0.15) is 0 Å². The number of para-hydroxylation sites is 1. The molecule has 1 aromatic carbocycles. The maximum Gasteiger partial charge on any atom is 0.0377 e. The number of hydrogen-bond acceptors (Lipinski definition) is 1. The first-order valence-corrected chi connectivity index (χ1v) is 7.11. The Morgan fingerprint density at radius 1 is 1.00 bits per heavy atom. The van der Waals surface area contributed by atoms with E-state index in [1.165, 1.54) is 36.9 Å². The van der Waals surface area contributed by atoms with Crippen LogP contribution in [0.3, 0.4) is 0 Å². The van der Waals surface area contributed by atoms with Gasteiger partial charge in [0.05, 0.1) is 0 Å². The number of nitrogens with one attached hydrogen (secondary N) is 1. The lowest BCUT2D eigenvalue weighted by Crippen LogP contribution is -2.24. The molecule has 3 rings (SSSR count). The number of rotatable bonds is 5. The van der Waals surface area contributed by atoms with E-state index >= 15 is 0 Å². The van der Waals surface area contributed by atoms with E-state index in [0.29, 0.717) is 5.92 Å². The summed E-state index contributed by atoms with van der Waals surface area (Å²) < 4.78 is 0. The Morgan fingerprint density at radius 2 is 1.59 bits per heavy atom. The largest absolute Gasteiger partial charge is 0.382 e. The molecular weight excluding hydrogens is 206 g/mol. The monoisotopic (exact) mass is 229 g/mol. The second-order valence-electron chi connectivity index (χ2n) is 6.09. The van der Waals surface area contributed by atoms with Gasteiger partial charge in [-0.3, -0.25) is 0 Å². The highest BCUT2D eigenvalue weighted by atomic mass is 15.0. The van der Waals surface area contributed by atoms with Gasteiger partial charge in [0.15, 0.2) is 0 Å². The minimum absolute atomic E-state index is 0.609. The molecule has 0 amide bonds. The molecule has 2 aliphatic carbocycles. The van der Waals surface area contributed by atoms with Crippen LogP contribution in [0.2, 0.25) is 0 Å². The summed E-state index contributed by atoms with van der Waals surface area (Å²) in [6.07, 6.45) is 5.77. The zero-order chi connectivity index (χ0) is 11.8. The van der Waals surface area contributed by atoms with Crippen LogP contribution in [0, 0.1) is 11.8 Å². The lowest BCUT2D eigenvalue weighted by atomic mass is 9.99. The van der Waals surface area contributed by atoms with Crippen molar-refractivity contribution in [3.8, 4) is 0 Å². The first kappa shape index (κ1) is 11.1. The van der Waals surface area contributed by atoms with E-state index in [1.54, 1.807) is 0 Å². The van der Waals surface area contributed by atoms with Gasteiger partial charge in [-0.1, -0.05) is 32.0 Å². The maximum absolute atomic E-state index is 3.85. The highest BCUT2D eigenvalue weighted by Crippen LogP contribution is 2.46. The summed E-state index contributed by atoms with van der Waals surface area (Å²) in [6, 6.07) is 9.60. The van der Waals surface area contributed by atoms with Crippen molar-refractivity contribution in [2.75, 3.05) is 5.32 Å². The van der Waals surface area contributed by atoms with Crippen LogP contribution in [-0.4, -0.2) is 6.04 Å². The molecule has 0 radical (unpaired) electrons. The normalized spacial score (nSPS) is 20.0. The Balaban J connectivity index is 1.78. The van der Waals surface area contributed by atoms with Crippen molar-refractivity contribution in [2.24, 2.45) is 11.8 Å². The Bertz CT molecular complexity index is 376. The van der Waals surface area contributed by atoms with Crippen molar-refractivity contribution < 1.29 is 0 Å². The number of hydrogen-bond donors (Lipinski definition) is 1. The molecule has 0 heterocycles. The van der Waals surface area contributed by atoms with Gasteiger partial charge in [-0.15, -0.1) is 0 Å². The van der Waals surface area contributed by atoms with Gasteiger partial charge in [0.2, 0.25) is 0 Å². The molecule has 0 spiro atoms. The first-order valence-electron chi connectivity index (χ1n) is 7.11. The minimum atomic E-state index is 0.609. The maximum atomic E-state index is 3.85. The molecule has 0 saturated heterocycles. The average Bonchev–Trinajstić information content (AvgIpc) is 3.16. The molecule has 0 unspecified atom stereocenters. The van der Waals surface area contributed by atoms with Gasteiger partial charge in [0.25, 0.3) is 0 Å². The predicted molar refractivity (Wildman–Crippen MR) is 73.4 cm³/mol. The average molecular weight is 229 g/mol. The molecular formula is C16H23N. The van der Waals surface area contributed by atoms with E-state index in [4.69, 9.17) is 0 Å². The molecule has 0 atom stereocenters. The van der Waals surface area contributed by atoms with Gasteiger partial charge in [0, 0.05) is 11.7 Å². The van der Waals surface area contributed by atoms with E-state index in [9.17, 15) is 0 Å². The second-order valence-corrected chi connectivity index (χ2v) is 6.09. The standard InChI is InChI=1S/C16H23N/c1-11(2)14-5-3-4-6-15(14)17-16(12-7-8-12)13-9-10-13/h3-6,11-13,16-17H,7-10H2,1-2H3. The molecule has 2 fully saturated rings. The van der Waals surface area contributed by atoms with Crippen molar-refractivity contribution in [2.45, 2.75) is 51.5 Å². The Hall–Kier alpha value is -0.980. The number of benzene rings is 1. The summed E-state index contributed by atoms with van der Waals surface area (Å²) in [5.74, 6) is 2.53. The van der Waals surface area contributed by atoms with Crippen LogP contribution in [0.25, 0.3) is 0 Å². The van der Waals surface area contributed by atoms with Crippen molar-refractivity contribution in [1.82, 2.24) is 0 Å². The van der Waals surface area contributed by atoms with Gasteiger partial charge >= 0.3 is 0 Å². The molecule has 0 aromatic heterocycles. The Morgan fingerprint density at radius 3 is 2.12 bits per heavy atom. The van der Waals surface area contributed by atoms with Crippen LogP contribution >= 0.6 is 0 Å². The molecule has 1 N–H and O–H groups in total. The van der Waals surface area contributed by atoms with Crippen molar-refractivity contribution in [1.29, 1.82) is 0 Å². The summed E-state index contributed by atoms with van der Waals surface area (Å²) in [7, 11) is 0. The molecule has 92 valence electrons. The van der Waals surface area contributed by atoms with Crippen molar-refractivity contribution in [3.05, 3.63) is 29.8 Å². The van der Waals surface area contributed by atoms with Crippen molar-refractivity contribution >= 4 is 5.69 Å². The zero-order valence-electron chi connectivity index (χ0n) is 10.9. The van der Waals surface area contributed by atoms with Crippen molar-refractivity contribution in [3.63, 3.8) is 0 Å². The third-order valence-electron chi connectivity index (χ3n) is 4.16. The van der Waals surface area contributed by atoms with Crippen LogP contribution in [0.5, 0.6) is 0 Å². The quantitative estimate of drug-likeness (QED) is 0.788. The van der Waals surface area contributed by atoms with Crippen LogP contribution in [0.15, 0.2) is 24.3 Å². The topological polar surface area (TPSA) is 12.0 Å². The SMILES string of the molecule is CC(C)c1ccccc1NC(C1CC1)C1CC1. The van der Waals surface area contributed by atoms with E-state index in [2.05, 4.69) is 43.4 Å². The molecule has 1 nitrogen and oxygen atoms in total. The van der Waals surface area contributed by atoms with Crippen LogP contribution in [0.1, 0.15) is 51.0 Å². The molecule has 1 heteroatoms. The smallest absolute Gasteiger partial charge is 0.0377 e. The lowest BCUT2D eigenvalue weighted by Gasteiger charge is -2.22. The molecule has 0 aliphatic heterocycles. The third-order valence-corrected chi connectivity index (χ3v) is 4.16. The van der Waals surface area contributed by atoms with Gasteiger partial charge in [-0.05, 0) is 55.1 Å². The predicted octanol–water partition coefficient (Wildman–Crippen LogP) is 4.41. The molecule has 0 bridgehead atoms. The fourth-order valence-corrected chi connectivity index (χ4v) is 2.84. The number of anilines is 1. The van der Waals surface area contributed by atoms with E-state index in [1.807, 2.05) is 0 Å². The molecule has 2 aliphatic rings. The van der Waals surface area contributed by atoms with Crippen LogP contribution in [0.4, 0.5) is 5.69 Å². The summed E-state index contributed by atoms with van der Waals surface area (Å²) in [4.78, 5) is 0. The second kappa shape index (κ2) is 4.36. The molecule has 1 aromatic rings. The fourth-order valence-electron chi connectivity index (χ4n) is 2.84. The first-order chi connectivity index (χ1) is 8.25. The molecule has 17 heavy (non-hydrogen) atoms. The summed E-state index contributed by atoms with van der Waals surface area (Å²) in [5.41, 5.74) is 2.85. The minimum Gasteiger partial charge on any atom is -0.382 e. The van der Waals surface area contributed by atoms with E-state index in [-0.39, 0.29) is 0 Å². The summed E-state index contributed by atoms with van der Waals surface area (Å²) >= 11 is 0. The lowest BCUT2D eigenvalue weighted by molar-refractivity contribution is 0.566. The van der Waals surface area contributed by atoms with E-state index < -0.39 is 0 Å². The highest BCUT2D eigenvalue weighted by Gasteiger charge is 2.41. The van der Waals surface area contributed by atoms with Crippen LogP contribution < -0.4 is 5.32 Å². The van der Waals surface area contributed by atoms with E-state index in [0.717, 1.165) is 17.9 Å². The molecule has 2 saturated carbocycles. The van der Waals surface area contributed by atoms with Gasteiger partial charge < -0.3 is 5.32 Å².